The molecule has 0 saturated heterocycles. The van der Waals surface area contributed by atoms with E-state index in [1.54, 1.807) is 12.5 Å². The van der Waals surface area contributed by atoms with Crippen LogP contribution in [0.25, 0.3) is 0 Å². The lowest BCUT2D eigenvalue weighted by molar-refractivity contribution is 0.144. The van der Waals surface area contributed by atoms with Crippen LogP contribution in [0.15, 0.2) is 12.5 Å². The van der Waals surface area contributed by atoms with Gasteiger partial charge in [-0.15, -0.1) is 0 Å². The third kappa shape index (κ3) is 6.27. The van der Waals surface area contributed by atoms with Crippen LogP contribution >= 0.6 is 0 Å². The van der Waals surface area contributed by atoms with Gasteiger partial charge in [0.1, 0.15) is 0 Å². The second-order valence-corrected chi connectivity index (χ2v) is 4.55. The van der Waals surface area contributed by atoms with E-state index < -0.39 is 0 Å². The van der Waals surface area contributed by atoms with Crippen LogP contribution in [0.4, 0.5) is 4.79 Å². The molecule has 1 heterocycles. The second kappa shape index (κ2) is 8.55. The lowest BCUT2D eigenvalue weighted by Crippen LogP contribution is -2.26. The predicted octanol–water partition coefficient (Wildman–Crippen LogP) is 2.50. The van der Waals surface area contributed by atoms with Crippen molar-refractivity contribution in [3.8, 4) is 0 Å². The lowest BCUT2D eigenvalue weighted by atomic mass is 10.1. The lowest BCUT2D eigenvalue weighted by Gasteiger charge is -2.09. The SMILES string of the molecule is CC[C@@H](C)CCNC(=O)OCCCc1cnc[nH]1. The van der Waals surface area contributed by atoms with E-state index in [9.17, 15) is 4.79 Å². The monoisotopic (exact) mass is 253 g/mol. The number of nitrogens with zero attached hydrogens (tertiary/aromatic N) is 1. The Bertz CT molecular complexity index is 325. The van der Waals surface area contributed by atoms with Crippen LogP contribution in [0.3, 0.4) is 0 Å². The standard InChI is InChI=1S/C13H23N3O2/c1-3-11(2)6-7-15-13(17)18-8-4-5-12-9-14-10-16-12/h9-11H,3-8H2,1-2H3,(H,14,16)(H,15,17)/t11-/m1/s1. The van der Waals surface area contributed by atoms with E-state index in [0.717, 1.165) is 31.4 Å². The van der Waals surface area contributed by atoms with Crippen molar-refractivity contribution in [3.05, 3.63) is 18.2 Å². The van der Waals surface area contributed by atoms with Crippen LogP contribution in [-0.2, 0) is 11.2 Å². The van der Waals surface area contributed by atoms with Crippen LogP contribution in [-0.4, -0.2) is 29.2 Å². The summed E-state index contributed by atoms with van der Waals surface area (Å²) in [6.45, 7) is 5.46. The molecule has 1 aromatic heterocycles. The maximum atomic E-state index is 11.3. The number of hydrogen-bond donors (Lipinski definition) is 2. The van der Waals surface area contributed by atoms with Gasteiger partial charge in [-0.3, -0.25) is 0 Å². The third-order valence-electron chi connectivity index (χ3n) is 2.98. The van der Waals surface area contributed by atoms with Crippen molar-refractivity contribution in [2.24, 2.45) is 5.92 Å². The number of carbonyl (C=O) groups is 1. The van der Waals surface area contributed by atoms with Gasteiger partial charge in [0.25, 0.3) is 0 Å². The normalized spacial score (nSPS) is 12.1. The zero-order valence-corrected chi connectivity index (χ0v) is 11.2. The largest absolute Gasteiger partial charge is 0.450 e. The number of H-pyrrole nitrogens is 1. The van der Waals surface area contributed by atoms with Gasteiger partial charge >= 0.3 is 6.09 Å². The predicted molar refractivity (Wildman–Crippen MR) is 70.3 cm³/mol. The number of ether oxygens (including phenoxy) is 1. The number of carbonyl (C=O) groups excluding carboxylic acids is 1. The average molecular weight is 253 g/mol. The zero-order chi connectivity index (χ0) is 13.2. The highest BCUT2D eigenvalue weighted by Crippen LogP contribution is 2.04. The molecule has 2 N–H and O–H groups in total. The van der Waals surface area contributed by atoms with Crippen molar-refractivity contribution in [2.75, 3.05) is 13.2 Å². The molecule has 0 aliphatic carbocycles. The van der Waals surface area contributed by atoms with Crippen molar-refractivity contribution >= 4 is 6.09 Å². The summed E-state index contributed by atoms with van der Waals surface area (Å²) in [4.78, 5) is 18.3. The first kappa shape index (κ1) is 14.5. The van der Waals surface area contributed by atoms with Crippen LogP contribution in [0.2, 0.25) is 0 Å². The molecule has 0 aromatic carbocycles. The molecule has 0 fully saturated rings. The summed E-state index contributed by atoms with van der Waals surface area (Å²) in [6, 6.07) is 0. The summed E-state index contributed by atoms with van der Waals surface area (Å²) >= 11 is 0. The molecule has 5 heteroatoms. The van der Waals surface area contributed by atoms with E-state index in [-0.39, 0.29) is 6.09 Å². The van der Waals surface area contributed by atoms with Crippen LogP contribution in [0.1, 0.15) is 38.8 Å². The summed E-state index contributed by atoms with van der Waals surface area (Å²) in [7, 11) is 0. The fraction of sp³-hybridized carbons (Fsp3) is 0.692. The number of aryl methyl sites for hydroxylation is 1. The van der Waals surface area contributed by atoms with Gasteiger partial charge in [0.15, 0.2) is 0 Å². The number of amides is 1. The Labute approximate surface area is 108 Å². The van der Waals surface area contributed by atoms with Crippen LogP contribution in [0.5, 0.6) is 0 Å². The molecule has 102 valence electrons. The Kier molecular flexibility index (Phi) is 6.91. The molecule has 18 heavy (non-hydrogen) atoms. The first-order valence-electron chi connectivity index (χ1n) is 6.60. The van der Waals surface area contributed by atoms with Gasteiger partial charge in [0, 0.05) is 18.4 Å². The van der Waals surface area contributed by atoms with Gasteiger partial charge in [0.05, 0.1) is 12.9 Å². The van der Waals surface area contributed by atoms with Gasteiger partial charge in [-0.05, 0) is 25.2 Å². The molecule has 5 nitrogen and oxygen atoms in total. The van der Waals surface area contributed by atoms with Gasteiger partial charge in [0.2, 0.25) is 0 Å². The highest BCUT2D eigenvalue weighted by Gasteiger charge is 2.03. The van der Waals surface area contributed by atoms with Crippen molar-refractivity contribution in [1.82, 2.24) is 15.3 Å². The van der Waals surface area contributed by atoms with Crippen LogP contribution < -0.4 is 5.32 Å². The third-order valence-corrected chi connectivity index (χ3v) is 2.98. The number of hydrogen-bond acceptors (Lipinski definition) is 3. The molecular formula is C13H23N3O2. The Morgan fingerprint density at radius 2 is 2.44 bits per heavy atom. The van der Waals surface area contributed by atoms with Crippen molar-refractivity contribution in [2.45, 2.75) is 39.5 Å². The number of rotatable bonds is 8. The Morgan fingerprint density at radius 3 is 3.11 bits per heavy atom. The molecule has 1 atom stereocenters. The molecule has 0 saturated carbocycles. The Morgan fingerprint density at radius 1 is 1.61 bits per heavy atom. The summed E-state index contributed by atoms with van der Waals surface area (Å²) in [5.74, 6) is 0.644. The maximum Gasteiger partial charge on any atom is 0.407 e. The number of imidazole rings is 1. The van der Waals surface area contributed by atoms with Gasteiger partial charge < -0.3 is 15.0 Å². The van der Waals surface area contributed by atoms with Crippen molar-refractivity contribution < 1.29 is 9.53 Å². The minimum atomic E-state index is -0.317. The maximum absolute atomic E-state index is 11.3. The summed E-state index contributed by atoms with van der Waals surface area (Å²) in [6.07, 6.45) is 6.91. The summed E-state index contributed by atoms with van der Waals surface area (Å²) in [5, 5.41) is 2.76. The molecule has 1 amide bonds. The topological polar surface area (TPSA) is 67.0 Å². The highest BCUT2D eigenvalue weighted by atomic mass is 16.5. The minimum Gasteiger partial charge on any atom is -0.450 e. The number of aromatic amines is 1. The molecule has 1 aromatic rings. The number of nitrogens with one attached hydrogen (secondary N) is 2. The first-order valence-corrected chi connectivity index (χ1v) is 6.60. The molecular weight excluding hydrogens is 230 g/mol. The molecule has 0 unspecified atom stereocenters. The van der Waals surface area contributed by atoms with E-state index in [1.165, 1.54) is 0 Å². The van der Waals surface area contributed by atoms with E-state index in [1.807, 2.05) is 0 Å². The van der Waals surface area contributed by atoms with Gasteiger partial charge in [-0.1, -0.05) is 20.3 Å². The molecule has 0 radical (unpaired) electrons. The fourth-order valence-electron chi connectivity index (χ4n) is 1.52. The van der Waals surface area contributed by atoms with E-state index in [4.69, 9.17) is 4.74 Å². The minimum absolute atomic E-state index is 0.317. The highest BCUT2D eigenvalue weighted by molar-refractivity contribution is 5.66. The van der Waals surface area contributed by atoms with Gasteiger partial charge in [-0.2, -0.15) is 0 Å². The van der Waals surface area contributed by atoms with Crippen molar-refractivity contribution in [1.29, 1.82) is 0 Å². The quantitative estimate of drug-likeness (QED) is 0.699. The fourth-order valence-corrected chi connectivity index (χ4v) is 1.52. The molecule has 0 spiro atoms. The van der Waals surface area contributed by atoms with Crippen molar-refractivity contribution in [3.63, 3.8) is 0 Å². The summed E-state index contributed by atoms with van der Waals surface area (Å²) in [5.41, 5.74) is 1.07. The molecule has 0 bridgehead atoms. The number of alkyl carbamates (subject to hydrolysis) is 1. The average Bonchev–Trinajstić information content (AvgIpc) is 2.87. The smallest absolute Gasteiger partial charge is 0.407 e. The second-order valence-electron chi connectivity index (χ2n) is 4.55. The number of aromatic nitrogens is 2. The molecule has 1 rings (SSSR count). The van der Waals surface area contributed by atoms with E-state index in [2.05, 4.69) is 29.1 Å². The summed E-state index contributed by atoms with van der Waals surface area (Å²) < 4.78 is 5.07. The molecule has 0 aliphatic rings. The van der Waals surface area contributed by atoms with Crippen LogP contribution in [0, 0.1) is 5.92 Å². The Balaban J connectivity index is 1.96. The zero-order valence-electron chi connectivity index (χ0n) is 11.2. The molecule has 0 aliphatic heterocycles. The Hall–Kier alpha value is -1.52. The first-order chi connectivity index (χ1) is 8.72. The van der Waals surface area contributed by atoms with E-state index in [0.29, 0.717) is 19.1 Å². The van der Waals surface area contributed by atoms with E-state index >= 15 is 0 Å². The van der Waals surface area contributed by atoms with Gasteiger partial charge in [-0.25, -0.2) is 9.78 Å².